The number of aliphatic hydroxyl groups is 1. The smallest absolute Gasteiger partial charge is 0.303 e. The van der Waals surface area contributed by atoms with Crippen molar-refractivity contribution in [1.29, 1.82) is 0 Å². The highest BCUT2D eigenvalue weighted by Crippen LogP contribution is 2.28. The number of aromatic nitrogens is 1. The van der Waals surface area contributed by atoms with Crippen LogP contribution in [-0.2, 0) is 16.0 Å². The molecule has 0 saturated carbocycles. The third kappa shape index (κ3) is 8.76. The number of aromatic amines is 1. The molecular formula is C25H30N2O8. The molecule has 1 heterocycles. The molecule has 188 valence electrons. The van der Waals surface area contributed by atoms with Crippen LogP contribution in [0, 0.1) is 0 Å². The van der Waals surface area contributed by atoms with Crippen LogP contribution in [0.25, 0.3) is 10.9 Å². The Kier molecular flexibility index (Phi) is 10.2. The lowest BCUT2D eigenvalue weighted by molar-refractivity contribution is -0.143. The summed E-state index contributed by atoms with van der Waals surface area (Å²) in [7, 11) is 1.64. The molecule has 0 saturated heterocycles. The van der Waals surface area contributed by atoms with Crippen molar-refractivity contribution in [3.8, 4) is 11.5 Å². The van der Waals surface area contributed by atoms with Crippen LogP contribution < -0.4 is 15.6 Å². The van der Waals surface area contributed by atoms with E-state index in [9.17, 15) is 24.6 Å². The number of H-pyrrole nitrogens is 1. The Morgan fingerprint density at radius 3 is 2.20 bits per heavy atom. The van der Waals surface area contributed by atoms with Gasteiger partial charge in [-0.2, -0.15) is 0 Å². The lowest BCUT2D eigenvalue weighted by atomic mass is 10.0. The molecule has 0 aliphatic carbocycles. The van der Waals surface area contributed by atoms with Crippen LogP contribution in [0.1, 0.15) is 37.0 Å². The highest BCUT2D eigenvalue weighted by molar-refractivity contribution is 5.87. The zero-order chi connectivity index (χ0) is 26.0. The van der Waals surface area contributed by atoms with Gasteiger partial charge in [-0.25, -0.2) is 0 Å². The maximum absolute atomic E-state index is 11.5. The Morgan fingerprint density at radius 1 is 1.00 bits per heavy atom. The number of rotatable bonds is 10. The van der Waals surface area contributed by atoms with Crippen LogP contribution in [0.5, 0.6) is 11.5 Å². The molecule has 0 aliphatic heterocycles. The second-order valence-electron chi connectivity index (χ2n) is 7.95. The lowest BCUT2D eigenvalue weighted by Gasteiger charge is -2.19. The maximum atomic E-state index is 11.5. The zero-order valence-electron chi connectivity index (χ0n) is 19.5. The third-order valence-corrected chi connectivity index (χ3v) is 5.18. The number of aliphatic hydroxyl groups excluding tert-OH is 1. The summed E-state index contributed by atoms with van der Waals surface area (Å²) in [6, 6.07) is 14.2. The number of pyridine rings is 1. The fourth-order valence-corrected chi connectivity index (χ4v) is 3.37. The number of phenols is 1. The zero-order valence-corrected chi connectivity index (χ0v) is 19.5. The molecule has 0 fully saturated rings. The van der Waals surface area contributed by atoms with Crippen molar-refractivity contribution >= 4 is 22.8 Å². The number of benzene rings is 2. The first-order valence-electron chi connectivity index (χ1n) is 10.9. The van der Waals surface area contributed by atoms with Crippen LogP contribution >= 0.6 is 0 Å². The Hall–Kier alpha value is -3.89. The topological polar surface area (TPSA) is 169 Å². The van der Waals surface area contributed by atoms with Crippen molar-refractivity contribution in [1.82, 2.24) is 10.3 Å². The van der Waals surface area contributed by atoms with Gasteiger partial charge in [0.05, 0.1) is 31.6 Å². The summed E-state index contributed by atoms with van der Waals surface area (Å²) >= 11 is 0. The van der Waals surface area contributed by atoms with Crippen LogP contribution in [0.2, 0.25) is 0 Å². The molecule has 10 heteroatoms. The van der Waals surface area contributed by atoms with Crippen molar-refractivity contribution in [3.05, 3.63) is 70.0 Å². The van der Waals surface area contributed by atoms with Crippen LogP contribution in [0.4, 0.5) is 0 Å². The number of nitrogens with one attached hydrogen (secondary N) is 2. The highest BCUT2D eigenvalue weighted by Gasteiger charge is 2.15. The number of methoxy groups -OCH3 is 1. The molecule has 0 aliphatic rings. The fraction of sp³-hybridized carbons (Fsp3) is 0.320. The van der Waals surface area contributed by atoms with Gasteiger partial charge < -0.3 is 35.5 Å². The van der Waals surface area contributed by atoms with E-state index < -0.39 is 18.0 Å². The number of ether oxygens (including phenoxy) is 1. The number of aliphatic carboxylic acids is 2. The van der Waals surface area contributed by atoms with Gasteiger partial charge in [-0.1, -0.05) is 18.2 Å². The summed E-state index contributed by atoms with van der Waals surface area (Å²) < 4.78 is 5.16. The summed E-state index contributed by atoms with van der Waals surface area (Å²) in [5.74, 6) is -1.34. The minimum atomic E-state index is -1.08. The van der Waals surface area contributed by atoms with Crippen molar-refractivity contribution in [2.24, 2.45) is 0 Å². The van der Waals surface area contributed by atoms with E-state index in [1.807, 2.05) is 24.3 Å². The maximum Gasteiger partial charge on any atom is 0.303 e. The molecule has 0 bridgehead atoms. The molecule has 2 atom stereocenters. The third-order valence-electron chi connectivity index (χ3n) is 5.18. The average molecular weight is 487 g/mol. The molecule has 0 unspecified atom stereocenters. The molecule has 3 aromatic rings. The predicted octanol–water partition coefficient (Wildman–Crippen LogP) is 2.43. The van der Waals surface area contributed by atoms with Gasteiger partial charge in [-0.15, -0.1) is 0 Å². The number of carboxylic acids is 2. The van der Waals surface area contributed by atoms with E-state index in [1.54, 1.807) is 19.2 Å². The highest BCUT2D eigenvalue weighted by atomic mass is 16.5. The largest absolute Gasteiger partial charge is 0.506 e. The molecule has 0 spiro atoms. The quantitative estimate of drug-likeness (QED) is 0.252. The van der Waals surface area contributed by atoms with E-state index in [2.05, 4.69) is 17.2 Å². The van der Waals surface area contributed by atoms with Gasteiger partial charge in [-0.3, -0.25) is 14.4 Å². The number of hydrogen-bond acceptors (Lipinski definition) is 7. The van der Waals surface area contributed by atoms with E-state index in [0.29, 0.717) is 23.0 Å². The van der Waals surface area contributed by atoms with Crippen molar-refractivity contribution in [2.75, 3.05) is 13.7 Å². The SMILES string of the molecule is COc1ccc(C[C@@H](C)NC[C@H](O)c2ccc(O)c3[nH]c(=O)ccc23)cc1.O=C(O)CCC(=O)O. The predicted molar refractivity (Wildman–Crippen MR) is 130 cm³/mol. The number of carbonyl (C=O) groups is 2. The molecular weight excluding hydrogens is 456 g/mol. The molecule has 6 N–H and O–H groups in total. The number of aromatic hydroxyl groups is 1. The van der Waals surface area contributed by atoms with Gasteiger partial charge in [0, 0.05) is 24.0 Å². The first-order chi connectivity index (χ1) is 16.6. The van der Waals surface area contributed by atoms with Crippen LogP contribution in [0.3, 0.4) is 0 Å². The van der Waals surface area contributed by atoms with Crippen molar-refractivity contribution in [2.45, 2.75) is 38.3 Å². The monoisotopic (exact) mass is 486 g/mol. The normalized spacial score (nSPS) is 12.3. The van der Waals surface area contributed by atoms with Gasteiger partial charge in [0.15, 0.2) is 0 Å². The van der Waals surface area contributed by atoms with E-state index in [0.717, 1.165) is 12.2 Å². The Labute approximate surface area is 201 Å². The van der Waals surface area contributed by atoms with Crippen LogP contribution in [0.15, 0.2) is 53.3 Å². The molecule has 1 aromatic heterocycles. The van der Waals surface area contributed by atoms with Gasteiger partial charge in [0.25, 0.3) is 0 Å². The van der Waals surface area contributed by atoms with E-state index >= 15 is 0 Å². The first-order valence-corrected chi connectivity index (χ1v) is 10.9. The Balaban J connectivity index is 0.000000466. The second-order valence-corrected chi connectivity index (χ2v) is 7.95. The second kappa shape index (κ2) is 13.1. The van der Waals surface area contributed by atoms with E-state index in [-0.39, 0.29) is 30.2 Å². The molecule has 35 heavy (non-hydrogen) atoms. The minimum Gasteiger partial charge on any atom is -0.506 e. The standard InChI is InChI=1S/C21H24N2O4.C4H6O4/c1-13(11-14-3-5-15(27-2)6-4-14)22-12-19(25)16-7-9-18(24)21-17(16)8-10-20(26)23-21;5-3(6)1-2-4(7)8/h3-10,13,19,22,24-25H,11-12H2,1-2H3,(H,23,26);1-2H2,(H,5,6)(H,7,8)/t13-,19+;/m1./s1. The first kappa shape index (κ1) is 27.4. The molecule has 2 aromatic carbocycles. The van der Waals surface area contributed by atoms with Gasteiger partial charge >= 0.3 is 11.9 Å². The van der Waals surface area contributed by atoms with Gasteiger partial charge in [0.2, 0.25) is 5.56 Å². The summed E-state index contributed by atoms with van der Waals surface area (Å²) in [4.78, 5) is 33.4. The number of hydrogen-bond donors (Lipinski definition) is 6. The lowest BCUT2D eigenvalue weighted by Crippen LogP contribution is -2.32. The van der Waals surface area contributed by atoms with Gasteiger partial charge in [-0.05, 0) is 48.7 Å². The Morgan fingerprint density at radius 2 is 1.63 bits per heavy atom. The summed E-state index contributed by atoms with van der Waals surface area (Å²) in [6.45, 7) is 2.42. The molecule has 10 nitrogen and oxygen atoms in total. The number of fused-ring (bicyclic) bond motifs is 1. The van der Waals surface area contributed by atoms with E-state index in [4.69, 9.17) is 14.9 Å². The Bertz CT molecular complexity index is 1180. The number of phenolic OH excluding ortho intramolecular Hbond substituents is 1. The fourth-order valence-electron chi connectivity index (χ4n) is 3.37. The molecule has 3 rings (SSSR count). The van der Waals surface area contributed by atoms with E-state index in [1.165, 1.54) is 17.7 Å². The molecule has 0 radical (unpaired) electrons. The number of carboxylic acid groups (broad SMARTS) is 2. The van der Waals surface area contributed by atoms with Gasteiger partial charge in [0.1, 0.15) is 11.5 Å². The minimum absolute atomic E-state index is 0.0144. The van der Waals surface area contributed by atoms with Crippen molar-refractivity contribution in [3.63, 3.8) is 0 Å². The average Bonchev–Trinajstić information content (AvgIpc) is 2.82. The van der Waals surface area contributed by atoms with Crippen LogP contribution in [-0.4, -0.2) is 57.0 Å². The summed E-state index contributed by atoms with van der Waals surface area (Å²) in [5, 5.41) is 40.3. The van der Waals surface area contributed by atoms with Crippen molar-refractivity contribution < 1.29 is 34.8 Å². The summed E-state index contributed by atoms with van der Waals surface area (Å²) in [5.41, 5.74) is 1.88. The molecule has 0 amide bonds. The summed E-state index contributed by atoms with van der Waals surface area (Å²) in [6.07, 6.45) is -0.539.